The Morgan fingerprint density at radius 1 is 0.842 bits per heavy atom. The summed E-state index contributed by atoms with van der Waals surface area (Å²) >= 11 is 0. The molecule has 0 N–H and O–H groups in total. The van der Waals surface area contributed by atoms with Crippen molar-refractivity contribution in [3.05, 3.63) is 0 Å². The topological polar surface area (TPSA) is 78.9 Å². The van der Waals surface area contributed by atoms with Gasteiger partial charge in [0.1, 0.15) is 13.2 Å². The fourth-order valence-electron chi connectivity index (χ4n) is 1.06. The maximum atomic E-state index is 11.2. The van der Waals surface area contributed by atoms with Gasteiger partial charge in [0.05, 0.1) is 24.9 Å². The number of esters is 3. The molecule has 0 aromatic heterocycles. The first-order chi connectivity index (χ1) is 8.82. The van der Waals surface area contributed by atoms with Crippen LogP contribution in [0, 0.1) is 5.92 Å². The number of ether oxygens (including phenoxy) is 3. The summed E-state index contributed by atoms with van der Waals surface area (Å²) in [6.45, 7) is 6.93. The summed E-state index contributed by atoms with van der Waals surface area (Å²) in [4.78, 5) is 33.5. The van der Waals surface area contributed by atoms with Crippen LogP contribution in [0.1, 0.15) is 40.5 Å². The zero-order valence-corrected chi connectivity index (χ0v) is 11.9. The molecule has 0 radical (unpaired) electrons. The van der Waals surface area contributed by atoms with E-state index in [-0.39, 0.29) is 44.0 Å². The summed E-state index contributed by atoms with van der Waals surface area (Å²) in [5.41, 5.74) is 0. The average Bonchev–Trinajstić information content (AvgIpc) is 2.30. The van der Waals surface area contributed by atoms with Crippen molar-refractivity contribution >= 4 is 17.9 Å². The van der Waals surface area contributed by atoms with Crippen molar-refractivity contribution in [1.29, 1.82) is 0 Å². The molecule has 0 aliphatic heterocycles. The minimum absolute atomic E-state index is 0.00345. The SMILES string of the molecule is CC(C)OC(=O)CCC(=O)OCCOC(=O)C(C)C. The lowest BCUT2D eigenvalue weighted by atomic mass is 10.2. The van der Waals surface area contributed by atoms with Crippen molar-refractivity contribution < 1.29 is 28.6 Å². The number of hydrogen-bond acceptors (Lipinski definition) is 6. The Hall–Kier alpha value is -1.59. The molecule has 0 bridgehead atoms. The van der Waals surface area contributed by atoms with Gasteiger partial charge in [0.2, 0.25) is 0 Å². The van der Waals surface area contributed by atoms with Crippen LogP contribution in [0.4, 0.5) is 0 Å². The molecule has 6 nitrogen and oxygen atoms in total. The minimum atomic E-state index is -0.513. The van der Waals surface area contributed by atoms with Gasteiger partial charge in [-0.1, -0.05) is 13.8 Å². The van der Waals surface area contributed by atoms with E-state index < -0.39 is 11.9 Å². The third-order valence-corrected chi connectivity index (χ3v) is 1.96. The van der Waals surface area contributed by atoms with E-state index in [4.69, 9.17) is 14.2 Å². The maximum absolute atomic E-state index is 11.2. The smallest absolute Gasteiger partial charge is 0.308 e. The van der Waals surface area contributed by atoms with Gasteiger partial charge < -0.3 is 14.2 Å². The number of carbonyl (C=O) groups excluding carboxylic acids is 3. The Balaban J connectivity index is 3.60. The zero-order valence-electron chi connectivity index (χ0n) is 11.9. The van der Waals surface area contributed by atoms with Crippen LogP contribution in [0.15, 0.2) is 0 Å². The van der Waals surface area contributed by atoms with Gasteiger partial charge >= 0.3 is 17.9 Å². The first-order valence-electron chi connectivity index (χ1n) is 6.34. The summed E-state index contributed by atoms with van der Waals surface area (Å²) < 4.78 is 14.5. The highest BCUT2D eigenvalue weighted by atomic mass is 16.6. The van der Waals surface area contributed by atoms with Gasteiger partial charge in [0, 0.05) is 0 Å². The van der Waals surface area contributed by atoms with Gasteiger partial charge in [-0.25, -0.2) is 0 Å². The molecule has 19 heavy (non-hydrogen) atoms. The molecule has 0 saturated heterocycles. The predicted octanol–water partition coefficient (Wildman–Crippen LogP) is 1.46. The Kier molecular flexibility index (Phi) is 8.57. The molecule has 0 amide bonds. The van der Waals surface area contributed by atoms with Gasteiger partial charge in [-0.2, -0.15) is 0 Å². The van der Waals surface area contributed by atoms with Gasteiger partial charge in [0.15, 0.2) is 0 Å². The van der Waals surface area contributed by atoms with Crippen LogP contribution in [0.2, 0.25) is 0 Å². The number of carbonyl (C=O) groups is 3. The fraction of sp³-hybridized carbons (Fsp3) is 0.769. The largest absolute Gasteiger partial charge is 0.463 e. The first-order valence-corrected chi connectivity index (χ1v) is 6.34. The quantitative estimate of drug-likeness (QED) is 0.379. The van der Waals surface area contributed by atoms with E-state index in [1.807, 2.05) is 0 Å². The Morgan fingerprint density at radius 3 is 1.89 bits per heavy atom. The van der Waals surface area contributed by atoms with E-state index in [1.165, 1.54) is 0 Å². The highest BCUT2D eigenvalue weighted by molar-refractivity contribution is 5.77. The molecule has 0 unspecified atom stereocenters. The van der Waals surface area contributed by atoms with Crippen LogP contribution in [-0.4, -0.2) is 37.2 Å². The summed E-state index contributed by atoms with van der Waals surface area (Å²) in [5, 5.41) is 0. The molecular formula is C13H22O6. The van der Waals surface area contributed by atoms with Gasteiger partial charge in [0.25, 0.3) is 0 Å². The van der Waals surface area contributed by atoms with E-state index in [1.54, 1.807) is 27.7 Å². The van der Waals surface area contributed by atoms with Crippen LogP contribution in [0.5, 0.6) is 0 Å². The van der Waals surface area contributed by atoms with E-state index in [0.29, 0.717) is 0 Å². The number of rotatable bonds is 8. The molecule has 6 heteroatoms. The molecular weight excluding hydrogens is 252 g/mol. The highest BCUT2D eigenvalue weighted by Gasteiger charge is 2.11. The third kappa shape index (κ3) is 10.1. The van der Waals surface area contributed by atoms with E-state index in [2.05, 4.69) is 0 Å². The van der Waals surface area contributed by atoms with Crippen molar-refractivity contribution in [3.63, 3.8) is 0 Å². The van der Waals surface area contributed by atoms with Crippen molar-refractivity contribution in [3.8, 4) is 0 Å². The van der Waals surface area contributed by atoms with Crippen LogP contribution >= 0.6 is 0 Å². The fourth-order valence-corrected chi connectivity index (χ4v) is 1.06. The second-order valence-electron chi connectivity index (χ2n) is 4.58. The molecule has 0 aromatic rings. The lowest BCUT2D eigenvalue weighted by Crippen LogP contribution is -2.18. The third-order valence-electron chi connectivity index (χ3n) is 1.96. The van der Waals surface area contributed by atoms with E-state index in [0.717, 1.165) is 0 Å². The molecule has 0 aliphatic carbocycles. The minimum Gasteiger partial charge on any atom is -0.463 e. The summed E-state index contributed by atoms with van der Waals surface area (Å²) in [6, 6.07) is 0. The predicted molar refractivity (Wildman–Crippen MR) is 67.2 cm³/mol. The summed E-state index contributed by atoms with van der Waals surface area (Å²) in [7, 11) is 0. The molecule has 110 valence electrons. The van der Waals surface area contributed by atoms with Crippen molar-refractivity contribution in [1.82, 2.24) is 0 Å². The summed E-state index contributed by atoms with van der Waals surface area (Å²) in [6.07, 6.45) is -0.245. The second kappa shape index (κ2) is 9.35. The monoisotopic (exact) mass is 274 g/mol. The maximum Gasteiger partial charge on any atom is 0.308 e. The van der Waals surface area contributed by atoms with E-state index >= 15 is 0 Å². The van der Waals surface area contributed by atoms with Crippen molar-refractivity contribution in [2.24, 2.45) is 5.92 Å². The lowest BCUT2D eigenvalue weighted by molar-refractivity contribution is -0.156. The first kappa shape index (κ1) is 17.4. The van der Waals surface area contributed by atoms with Crippen molar-refractivity contribution in [2.75, 3.05) is 13.2 Å². The van der Waals surface area contributed by atoms with Gasteiger partial charge in [-0.15, -0.1) is 0 Å². The van der Waals surface area contributed by atoms with Crippen LogP contribution in [0.3, 0.4) is 0 Å². The van der Waals surface area contributed by atoms with Gasteiger partial charge in [-0.05, 0) is 13.8 Å². The zero-order chi connectivity index (χ0) is 14.8. The second-order valence-corrected chi connectivity index (χ2v) is 4.58. The van der Waals surface area contributed by atoms with Gasteiger partial charge in [-0.3, -0.25) is 14.4 Å². The van der Waals surface area contributed by atoms with Crippen LogP contribution in [-0.2, 0) is 28.6 Å². The lowest BCUT2D eigenvalue weighted by Gasteiger charge is -2.09. The van der Waals surface area contributed by atoms with Crippen molar-refractivity contribution in [2.45, 2.75) is 46.6 Å². The Morgan fingerprint density at radius 2 is 1.37 bits per heavy atom. The molecule has 0 heterocycles. The molecule has 0 aromatic carbocycles. The van der Waals surface area contributed by atoms with Crippen LogP contribution in [0.25, 0.3) is 0 Å². The molecule has 0 fully saturated rings. The molecule has 0 rings (SSSR count). The Labute approximate surface area is 113 Å². The molecule has 0 spiro atoms. The van der Waals surface area contributed by atoms with Crippen LogP contribution < -0.4 is 0 Å². The van der Waals surface area contributed by atoms with E-state index in [9.17, 15) is 14.4 Å². The molecule has 0 saturated carbocycles. The normalized spacial score (nSPS) is 10.4. The number of hydrogen-bond donors (Lipinski definition) is 0. The Bertz CT molecular complexity index is 308. The molecule has 0 aliphatic rings. The average molecular weight is 274 g/mol. The highest BCUT2D eigenvalue weighted by Crippen LogP contribution is 1.99. The molecule has 0 atom stereocenters. The standard InChI is InChI=1S/C13H22O6/c1-9(2)13(16)18-8-7-17-11(14)5-6-12(15)19-10(3)4/h9-10H,5-8H2,1-4H3. The summed E-state index contributed by atoms with van der Waals surface area (Å²) in [5.74, 6) is -1.49.